The predicted molar refractivity (Wildman–Crippen MR) is 150 cm³/mol. The fraction of sp³-hybridized carbons (Fsp3) is 0.387. The Bertz CT molecular complexity index is 1330. The molecular formula is C31H35F3N2O5. The maximum Gasteiger partial charge on any atom is 0.289 e. The van der Waals surface area contributed by atoms with Crippen LogP contribution in [-0.4, -0.2) is 57.8 Å². The Balaban J connectivity index is 1.87. The number of benzene rings is 3. The maximum absolute atomic E-state index is 16.0. The monoisotopic (exact) mass is 572 g/mol. The molecule has 0 fully saturated rings. The zero-order valence-electron chi connectivity index (χ0n) is 24.0. The Morgan fingerprint density at radius 1 is 0.878 bits per heavy atom. The van der Waals surface area contributed by atoms with E-state index in [4.69, 9.17) is 23.7 Å². The van der Waals surface area contributed by atoms with Crippen molar-refractivity contribution in [3.63, 3.8) is 0 Å². The molecule has 0 saturated heterocycles. The van der Waals surface area contributed by atoms with Crippen molar-refractivity contribution in [2.24, 2.45) is 4.99 Å². The van der Waals surface area contributed by atoms with Crippen molar-refractivity contribution in [3.8, 4) is 23.0 Å². The number of aliphatic imine (C=N–C) groups is 1. The lowest BCUT2D eigenvalue weighted by Crippen LogP contribution is -2.54. The second-order valence-corrected chi connectivity index (χ2v) is 9.90. The van der Waals surface area contributed by atoms with Gasteiger partial charge in [0.05, 0.1) is 41.5 Å². The highest BCUT2D eigenvalue weighted by atomic mass is 19.1. The summed E-state index contributed by atoms with van der Waals surface area (Å²) < 4.78 is 73.7. The minimum absolute atomic E-state index is 0.00274. The van der Waals surface area contributed by atoms with Gasteiger partial charge in [-0.25, -0.2) is 18.2 Å². The first-order valence-corrected chi connectivity index (χ1v) is 13.1. The molecule has 10 heteroatoms. The van der Waals surface area contributed by atoms with Crippen LogP contribution in [0, 0.1) is 5.82 Å². The van der Waals surface area contributed by atoms with E-state index in [1.165, 1.54) is 46.3 Å². The zero-order valence-corrected chi connectivity index (χ0v) is 24.0. The van der Waals surface area contributed by atoms with Gasteiger partial charge in [-0.15, -0.1) is 0 Å². The second-order valence-electron chi connectivity index (χ2n) is 9.90. The third-order valence-electron chi connectivity index (χ3n) is 7.25. The highest BCUT2D eigenvalue weighted by Crippen LogP contribution is 2.41. The van der Waals surface area contributed by atoms with Crippen LogP contribution in [0.4, 0.5) is 13.2 Å². The number of methoxy groups -OCH3 is 4. The van der Waals surface area contributed by atoms with Gasteiger partial charge in [-0.3, -0.25) is 0 Å². The highest BCUT2D eigenvalue weighted by Gasteiger charge is 2.51. The van der Waals surface area contributed by atoms with Gasteiger partial charge >= 0.3 is 0 Å². The molecule has 0 unspecified atom stereocenters. The molecule has 0 N–H and O–H groups in total. The molecule has 1 aliphatic heterocycles. The summed E-state index contributed by atoms with van der Waals surface area (Å²) >= 11 is 0. The van der Waals surface area contributed by atoms with Crippen LogP contribution < -0.4 is 18.9 Å². The molecule has 0 spiro atoms. The van der Waals surface area contributed by atoms with Crippen LogP contribution in [0.5, 0.6) is 23.0 Å². The SMILES string of the molecule is COc1ccc(CN(Cc2ccc(OC)cc2OC)C2=N[C@](C)(c3ccccc3F)[C@@H](F)[C@@H]([C@H](C)F)O2)c(OC)c1. The van der Waals surface area contributed by atoms with E-state index >= 15 is 8.78 Å². The van der Waals surface area contributed by atoms with Crippen molar-refractivity contribution in [2.75, 3.05) is 28.4 Å². The predicted octanol–water partition coefficient (Wildman–Crippen LogP) is 6.23. The average Bonchev–Trinajstić information content (AvgIpc) is 2.98. The van der Waals surface area contributed by atoms with Crippen molar-refractivity contribution in [1.82, 2.24) is 4.90 Å². The van der Waals surface area contributed by atoms with Crippen LogP contribution in [0.1, 0.15) is 30.5 Å². The van der Waals surface area contributed by atoms with Crippen LogP contribution in [0.3, 0.4) is 0 Å². The molecule has 1 aliphatic rings. The van der Waals surface area contributed by atoms with Gasteiger partial charge < -0.3 is 28.6 Å². The number of hydrogen-bond acceptors (Lipinski definition) is 7. The van der Waals surface area contributed by atoms with E-state index in [2.05, 4.69) is 4.99 Å². The van der Waals surface area contributed by atoms with Gasteiger partial charge in [-0.2, -0.15) is 0 Å². The van der Waals surface area contributed by atoms with Crippen LogP contribution in [-0.2, 0) is 23.4 Å². The molecule has 0 amide bonds. The van der Waals surface area contributed by atoms with E-state index < -0.39 is 29.8 Å². The van der Waals surface area contributed by atoms with E-state index in [1.807, 2.05) is 12.1 Å². The Hall–Kier alpha value is -4.08. The second kappa shape index (κ2) is 12.6. The fourth-order valence-corrected chi connectivity index (χ4v) is 4.91. The molecule has 3 aromatic rings. The number of hydrogen-bond donors (Lipinski definition) is 0. The van der Waals surface area contributed by atoms with Crippen molar-refractivity contribution in [2.45, 2.75) is 50.9 Å². The Morgan fingerprint density at radius 2 is 1.41 bits per heavy atom. The molecule has 0 saturated carbocycles. The third-order valence-corrected chi connectivity index (χ3v) is 7.25. The molecule has 7 nitrogen and oxygen atoms in total. The molecule has 0 bridgehead atoms. The minimum atomic E-state index is -1.96. The molecule has 0 radical (unpaired) electrons. The number of amidine groups is 1. The van der Waals surface area contributed by atoms with Gasteiger partial charge in [0.25, 0.3) is 6.02 Å². The van der Waals surface area contributed by atoms with Gasteiger partial charge in [-0.05, 0) is 44.2 Å². The average molecular weight is 573 g/mol. The summed E-state index contributed by atoms with van der Waals surface area (Å²) in [6.07, 6.45) is -5.21. The lowest BCUT2D eigenvalue weighted by Gasteiger charge is -2.42. The van der Waals surface area contributed by atoms with Gasteiger partial charge in [0, 0.05) is 28.8 Å². The van der Waals surface area contributed by atoms with Crippen LogP contribution in [0.15, 0.2) is 65.7 Å². The number of halogens is 3. The quantitative estimate of drug-likeness (QED) is 0.287. The molecule has 1 heterocycles. The molecule has 0 aliphatic carbocycles. The smallest absolute Gasteiger partial charge is 0.289 e. The van der Waals surface area contributed by atoms with Gasteiger partial charge in [0.15, 0.2) is 12.3 Å². The topological polar surface area (TPSA) is 61.8 Å². The van der Waals surface area contributed by atoms with Gasteiger partial charge in [0.1, 0.15) is 40.5 Å². The van der Waals surface area contributed by atoms with Crippen molar-refractivity contribution in [3.05, 3.63) is 83.2 Å². The number of ether oxygens (including phenoxy) is 5. The summed E-state index contributed by atoms with van der Waals surface area (Å²) in [5.41, 5.74) is -0.308. The summed E-state index contributed by atoms with van der Waals surface area (Å²) in [5.74, 6) is 1.61. The van der Waals surface area contributed by atoms with Crippen molar-refractivity contribution < 1.29 is 36.9 Å². The number of nitrogens with zero attached hydrogens (tertiary/aromatic N) is 2. The normalized spacial score (nSPS) is 20.9. The zero-order chi connectivity index (χ0) is 29.7. The van der Waals surface area contributed by atoms with E-state index in [9.17, 15) is 4.39 Å². The van der Waals surface area contributed by atoms with Crippen molar-refractivity contribution in [1.29, 1.82) is 0 Å². The lowest BCUT2D eigenvalue weighted by molar-refractivity contribution is -0.0356. The van der Waals surface area contributed by atoms with E-state index in [1.54, 1.807) is 49.5 Å². The summed E-state index contributed by atoms with van der Waals surface area (Å²) in [5, 5.41) is 0. The lowest BCUT2D eigenvalue weighted by atomic mass is 9.83. The summed E-state index contributed by atoms with van der Waals surface area (Å²) in [4.78, 5) is 6.35. The highest BCUT2D eigenvalue weighted by molar-refractivity contribution is 5.76. The van der Waals surface area contributed by atoms with Crippen LogP contribution >= 0.6 is 0 Å². The van der Waals surface area contributed by atoms with Crippen LogP contribution in [0.25, 0.3) is 0 Å². The first kappa shape index (κ1) is 29.9. The molecule has 3 aromatic carbocycles. The molecule has 220 valence electrons. The minimum Gasteiger partial charge on any atom is -0.497 e. The van der Waals surface area contributed by atoms with E-state index in [0.717, 1.165) is 11.1 Å². The maximum atomic E-state index is 16.0. The van der Waals surface area contributed by atoms with Gasteiger partial charge in [-0.1, -0.05) is 18.2 Å². The number of alkyl halides is 2. The van der Waals surface area contributed by atoms with Crippen LogP contribution in [0.2, 0.25) is 0 Å². The largest absolute Gasteiger partial charge is 0.497 e. The summed E-state index contributed by atoms with van der Waals surface area (Å²) in [6, 6.07) is 16.4. The molecule has 4 rings (SSSR count). The van der Waals surface area contributed by atoms with E-state index in [-0.39, 0.29) is 24.7 Å². The molecular weight excluding hydrogens is 537 g/mol. The van der Waals surface area contributed by atoms with E-state index in [0.29, 0.717) is 23.0 Å². The standard InChI is InChI=1S/C31H35F3N2O5/c1-19(32)28-29(34)31(2,24-9-7-8-10-25(24)33)35-30(41-28)36(17-20-11-13-22(37-3)15-26(20)39-5)18-21-12-14-23(38-4)16-27(21)40-6/h7-16,19,28-29H,17-18H2,1-6H3/t19-,28+,29-,31+/m0/s1. The summed E-state index contributed by atoms with van der Waals surface area (Å²) in [6.45, 7) is 3.00. The molecule has 4 atom stereocenters. The molecule has 0 aromatic heterocycles. The first-order chi connectivity index (χ1) is 19.6. The first-order valence-electron chi connectivity index (χ1n) is 13.1. The Kier molecular flexibility index (Phi) is 9.20. The fourth-order valence-electron chi connectivity index (χ4n) is 4.91. The third kappa shape index (κ3) is 6.16. The summed E-state index contributed by atoms with van der Waals surface area (Å²) in [7, 11) is 6.17. The number of rotatable bonds is 10. The van der Waals surface area contributed by atoms with Crippen molar-refractivity contribution >= 4 is 6.02 Å². The Labute approximate surface area is 238 Å². The molecule has 41 heavy (non-hydrogen) atoms. The van der Waals surface area contributed by atoms with Gasteiger partial charge in [0.2, 0.25) is 0 Å². The Morgan fingerprint density at radius 3 is 1.88 bits per heavy atom.